The Morgan fingerprint density at radius 2 is 1.81 bits per heavy atom. The lowest BCUT2D eigenvalue weighted by Gasteiger charge is -2.43. The van der Waals surface area contributed by atoms with Gasteiger partial charge in [0, 0.05) is 31.6 Å². The number of aliphatic hydroxyl groups is 1. The number of sulfonamides is 1. The Balaban J connectivity index is 1.37. The second-order valence-electron chi connectivity index (χ2n) is 7.46. The van der Waals surface area contributed by atoms with Gasteiger partial charge in [0.1, 0.15) is 0 Å². The predicted molar refractivity (Wildman–Crippen MR) is 96.9 cm³/mol. The largest absolute Gasteiger partial charge is 0.454 e. The number of aliphatic hydroxyl groups excluding tert-OH is 1. The first kappa shape index (κ1) is 18.0. The Morgan fingerprint density at radius 3 is 2.50 bits per heavy atom. The summed E-state index contributed by atoms with van der Waals surface area (Å²) in [6, 6.07) is 6.26. The number of benzene rings is 1. The van der Waals surface area contributed by atoms with Crippen LogP contribution >= 0.6 is 0 Å². The van der Waals surface area contributed by atoms with Crippen molar-refractivity contribution in [3.05, 3.63) is 23.8 Å². The summed E-state index contributed by atoms with van der Waals surface area (Å²) in [5.74, 6) is 1.61. The van der Waals surface area contributed by atoms with Crippen LogP contribution in [0.1, 0.15) is 30.7 Å². The Hall–Kier alpha value is -1.35. The van der Waals surface area contributed by atoms with Gasteiger partial charge >= 0.3 is 0 Å². The average Bonchev–Trinajstić information content (AvgIpc) is 3.08. The van der Waals surface area contributed by atoms with Crippen LogP contribution in [0, 0.1) is 0 Å². The second kappa shape index (κ2) is 6.99. The lowest BCUT2D eigenvalue weighted by Crippen LogP contribution is -2.52. The molecule has 0 aromatic heterocycles. The van der Waals surface area contributed by atoms with Gasteiger partial charge in [-0.15, -0.1) is 0 Å². The zero-order valence-electron chi connectivity index (χ0n) is 15.0. The summed E-state index contributed by atoms with van der Waals surface area (Å²) in [5, 5.41) is 10.7. The van der Waals surface area contributed by atoms with E-state index >= 15 is 0 Å². The number of fused-ring (bicyclic) bond motifs is 1. The van der Waals surface area contributed by atoms with Crippen LogP contribution in [0.25, 0.3) is 0 Å². The fourth-order valence-corrected chi connectivity index (χ4v) is 5.23. The number of nitrogens with zero attached hydrogens (tertiary/aromatic N) is 2. The van der Waals surface area contributed by atoms with E-state index in [0.717, 1.165) is 42.9 Å². The van der Waals surface area contributed by atoms with E-state index in [2.05, 4.69) is 4.90 Å². The number of ether oxygens (including phenoxy) is 2. The van der Waals surface area contributed by atoms with Crippen LogP contribution in [-0.4, -0.2) is 74.1 Å². The molecule has 2 fully saturated rings. The molecule has 7 nitrogen and oxygen atoms in total. The topological polar surface area (TPSA) is 79.3 Å². The quantitative estimate of drug-likeness (QED) is 0.840. The van der Waals surface area contributed by atoms with Crippen molar-refractivity contribution >= 4 is 10.0 Å². The third-order valence-electron chi connectivity index (χ3n) is 5.85. The molecule has 144 valence electrons. The molecular formula is C18H26N2O5S. The van der Waals surface area contributed by atoms with Crippen LogP contribution in [0.4, 0.5) is 0 Å². The minimum Gasteiger partial charge on any atom is -0.454 e. The van der Waals surface area contributed by atoms with Crippen molar-refractivity contribution in [2.75, 3.05) is 39.2 Å². The standard InChI is InChI=1S/C18H26N2O5S/c1-26(22,23)20-8-4-14(5-9-20)19-7-6-15(16(21)11-19)13-2-3-17-18(10-13)25-12-24-17/h2-3,10,14-16,21H,4-9,11-12H2,1H3/t15-,16+/m0/s1. The number of hydrogen-bond donors (Lipinski definition) is 1. The minimum absolute atomic E-state index is 0.0943. The molecule has 8 heteroatoms. The first-order valence-corrected chi connectivity index (χ1v) is 11.0. The predicted octanol–water partition coefficient (Wildman–Crippen LogP) is 0.989. The number of β-amino-alcohol motifs (C(OH)–C–C–N with tert-alkyl or cyclic N) is 1. The van der Waals surface area contributed by atoms with Crippen molar-refractivity contribution in [2.24, 2.45) is 0 Å². The molecule has 3 heterocycles. The molecule has 2 saturated heterocycles. The van der Waals surface area contributed by atoms with Gasteiger partial charge in [0.05, 0.1) is 12.4 Å². The molecule has 2 atom stereocenters. The Kier molecular flexibility index (Phi) is 4.85. The van der Waals surface area contributed by atoms with E-state index in [1.165, 1.54) is 6.26 Å². The maximum absolute atomic E-state index is 11.7. The van der Waals surface area contributed by atoms with Crippen LogP contribution in [0.3, 0.4) is 0 Å². The SMILES string of the molecule is CS(=O)(=O)N1CCC(N2CC[C@@H](c3ccc4c(c3)OCO4)[C@H](O)C2)CC1. The van der Waals surface area contributed by atoms with Gasteiger partial charge in [0.25, 0.3) is 0 Å². The summed E-state index contributed by atoms with van der Waals surface area (Å²) in [5.41, 5.74) is 1.09. The van der Waals surface area contributed by atoms with Gasteiger partial charge in [-0.2, -0.15) is 0 Å². The van der Waals surface area contributed by atoms with E-state index in [1.54, 1.807) is 4.31 Å². The third kappa shape index (κ3) is 3.55. The number of piperidine rings is 2. The highest BCUT2D eigenvalue weighted by Crippen LogP contribution is 2.38. The van der Waals surface area contributed by atoms with Gasteiger partial charge in [0.2, 0.25) is 16.8 Å². The van der Waals surface area contributed by atoms with Crippen LogP contribution in [0.5, 0.6) is 11.5 Å². The Bertz CT molecular complexity index is 761. The van der Waals surface area contributed by atoms with E-state index < -0.39 is 16.1 Å². The van der Waals surface area contributed by atoms with Crippen LogP contribution in [0.15, 0.2) is 18.2 Å². The van der Waals surface area contributed by atoms with Crippen LogP contribution in [-0.2, 0) is 10.0 Å². The van der Waals surface area contributed by atoms with Crippen molar-refractivity contribution in [3.63, 3.8) is 0 Å². The molecule has 0 aliphatic carbocycles. The smallest absolute Gasteiger partial charge is 0.231 e. The highest BCUT2D eigenvalue weighted by molar-refractivity contribution is 7.88. The van der Waals surface area contributed by atoms with E-state index in [9.17, 15) is 13.5 Å². The van der Waals surface area contributed by atoms with E-state index in [4.69, 9.17) is 9.47 Å². The molecule has 3 aliphatic heterocycles. The van der Waals surface area contributed by atoms with E-state index in [-0.39, 0.29) is 12.7 Å². The van der Waals surface area contributed by atoms with Crippen LogP contribution in [0.2, 0.25) is 0 Å². The molecule has 0 bridgehead atoms. The monoisotopic (exact) mass is 382 g/mol. The van der Waals surface area contributed by atoms with Gasteiger partial charge in [-0.05, 0) is 43.5 Å². The minimum atomic E-state index is -3.10. The molecule has 0 amide bonds. The first-order chi connectivity index (χ1) is 12.4. The second-order valence-corrected chi connectivity index (χ2v) is 9.45. The molecule has 4 rings (SSSR count). The third-order valence-corrected chi connectivity index (χ3v) is 7.15. The lowest BCUT2D eigenvalue weighted by molar-refractivity contribution is 0.0179. The molecule has 0 unspecified atom stereocenters. The summed E-state index contributed by atoms with van der Waals surface area (Å²) in [6.45, 7) is 2.94. The van der Waals surface area contributed by atoms with E-state index in [0.29, 0.717) is 25.7 Å². The van der Waals surface area contributed by atoms with Crippen molar-refractivity contribution in [1.29, 1.82) is 0 Å². The number of hydrogen-bond acceptors (Lipinski definition) is 6. The molecule has 0 saturated carbocycles. The summed E-state index contributed by atoms with van der Waals surface area (Å²) in [7, 11) is -3.10. The fraction of sp³-hybridized carbons (Fsp3) is 0.667. The van der Waals surface area contributed by atoms with Gasteiger partial charge < -0.3 is 14.6 Å². The number of likely N-dealkylation sites (tertiary alicyclic amines) is 1. The average molecular weight is 382 g/mol. The first-order valence-electron chi connectivity index (χ1n) is 9.18. The molecule has 1 N–H and O–H groups in total. The van der Waals surface area contributed by atoms with Crippen molar-refractivity contribution in [3.8, 4) is 11.5 Å². The fourth-order valence-electron chi connectivity index (χ4n) is 4.36. The molecule has 0 spiro atoms. The van der Waals surface area contributed by atoms with Crippen molar-refractivity contribution in [1.82, 2.24) is 9.21 Å². The number of rotatable bonds is 3. The van der Waals surface area contributed by atoms with Crippen LogP contribution < -0.4 is 9.47 Å². The van der Waals surface area contributed by atoms with Crippen molar-refractivity contribution < 1.29 is 23.0 Å². The Morgan fingerprint density at radius 1 is 1.08 bits per heavy atom. The summed E-state index contributed by atoms with van der Waals surface area (Å²) in [6.07, 6.45) is 3.38. The van der Waals surface area contributed by atoms with Gasteiger partial charge in [0.15, 0.2) is 11.5 Å². The normalized spacial score (nSPS) is 28.4. The molecule has 0 radical (unpaired) electrons. The molecule has 1 aromatic rings. The highest BCUT2D eigenvalue weighted by atomic mass is 32.2. The molecule has 1 aromatic carbocycles. The molecule has 3 aliphatic rings. The van der Waals surface area contributed by atoms with Gasteiger partial charge in [-0.1, -0.05) is 6.07 Å². The molecular weight excluding hydrogens is 356 g/mol. The summed E-state index contributed by atoms with van der Waals surface area (Å²) >= 11 is 0. The lowest BCUT2D eigenvalue weighted by atomic mass is 9.85. The zero-order chi connectivity index (χ0) is 18.3. The summed E-state index contributed by atoms with van der Waals surface area (Å²) < 4.78 is 35.7. The van der Waals surface area contributed by atoms with E-state index in [1.807, 2.05) is 18.2 Å². The van der Waals surface area contributed by atoms with Gasteiger partial charge in [-0.25, -0.2) is 12.7 Å². The maximum atomic E-state index is 11.7. The van der Waals surface area contributed by atoms with Gasteiger partial charge in [-0.3, -0.25) is 4.90 Å². The van der Waals surface area contributed by atoms with Crippen molar-refractivity contribution in [2.45, 2.75) is 37.3 Å². The Labute approximate surface area is 154 Å². The zero-order valence-corrected chi connectivity index (χ0v) is 15.8. The summed E-state index contributed by atoms with van der Waals surface area (Å²) in [4.78, 5) is 2.33. The maximum Gasteiger partial charge on any atom is 0.231 e. The molecule has 26 heavy (non-hydrogen) atoms. The highest BCUT2D eigenvalue weighted by Gasteiger charge is 2.35.